The Bertz CT molecular complexity index is 1460. The van der Waals surface area contributed by atoms with Gasteiger partial charge in [0.15, 0.2) is 0 Å². The van der Waals surface area contributed by atoms with Crippen molar-refractivity contribution in [1.82, 2.24) is 10.2 Å². The van der Waals surface area contributed by atoms with Crippen molar-refractivity contribution in [2.45, 2.75) is 37.5 Å². The van der Waals surface area contributed by atoms with Crippen LogP contribution in [-0.2, 0) is 32.3 Å². The molecule has 214 valence electrons. The van der Waals surface area contributed by atoms with E-state index in [0.717, 1.165) is 16.6 Å². The van der Waals surface area contributed by atoms with Crippen LogP contribution in [0.1, 0.15) is 25.0 Å². The third-order valence-electron chi connectivity index (χ3n) is 5.94. The third kappa shape index (κ3) is 7.55. The largest absolute Gasteiger partial charge is 0.417 e. The number of anilines is 1. The topological polar surface area (TPSA) is 86.8 Å². The molecule has 1 atom stereocenters. The van der Waals surface area contributed by atoms with Crippen molar-refractivity contribution < 1.29 is 31.2 Å². The lowest BCUT2D eigenvalue weighted by Gasteiger charge is -2.32. The molecule has 0 aliphatic rings. The fourth-order valence-corrected chi connectivity index (χ4v) is 5.74. The molecule has 0 aliphatic carbocycles. The smallest absolute Gasteiger partial charge is 0.355 e. The second-order valence-electron chi connectivity index (χ2n) is 8.71. The predicted octanol–water partition coefficient (Wildman–Crippen LogP) is 5.87. The molecule has 0 bridgehead atoms. The minimum absolute atomic E-state index is 0.0575. The summed E-state index contributed by atoms with van der Waals surface area (Å²) in [6, 6.07) is 15.5. The first kappa shape index (κ1) is 31.4. The number of hydrogen-bond donors (Lipinski definition) is 1. The number of benzene rings is 3. The van der Waals surface area contributed by atoms with Gasteiger partial charge in [-0.3, -0.25) is 13.9 Å². The number of carbonyl (C=O) groups excluding carboxylic acids is 2. The Morgan fingerprint density at radius 3 is 2.23 bits per heavy atom. The lowest BCUT2D eigenvalue weighted by molar-refractivity contribution is -0.139. The van der Waals surface area contributed by atoms with Crippen molar-refractivity contribution in [3.63, 3.8) is 0 Å². The van der Waals surface area contributed by atoms with Crippen LogP contribution in [0.15, 0.2) is 82.2 Å². The van der Waals surface area contributed by atoms with E-state index in [1.54, 1.807) is 37.3 Å². The molecule has 40 heavy (non-hydrogen) atoms. The average molecular weight is 661 g/mol. The lowest BCUT2D eigenvalue weighted by atomic mass is 10.1. The molecule has 0 heterocycles. The van der Waals surface area contributed by atoms with Crippen LogP contribution >= 0.6 is 27.5 Å². The number of nitrogens with zero attached hydrogens (tertiary/aromatic N) is 2. The minimum atomic E-state index is -4.88. The maximum Gasteiger partial charge on any atom is 0.417 e. The van der Waals surface area contributed by atoms with E-state index >= 15 is 0 Å². The Labute approximate surface area is 244 Å². The molecular weight excluding hydrogens is 635 g/mol. The minimum Gasteiger partial charge on any atom is -0.355 e. The summed E-state index contributed by atoms with van der Waals surface area (Å²) in [4.78, 5) is 27.4. The van der Waals surface area contributed by atoms with Crippen LogP contribution in [0.25, 0.3) is 0 Å². The zero-order valence-corrected chi connectivity index (χ0v) is 24.6. The SMILES string of the molecule is CCNC(=O)[C@H](C)N(Cc1ccc(Br)cc1)C(=O)CN(c1ccc(Cl)c(C(F)(F)F)c1)S(=O)(=O)c1ccccc1. The number of hydrogen-bond acceptors (Lipinski definition) is 4. The standard InChI is InChI=1S/C27H26BrClF3N3O4S/c1-3-33-26(37)18(2)34(16-19-9-11-20(28)12-10-19)25(36)17-35(40(38,39)22-7-5-4-6-8-22)21-13-14-24(29)23(15-21)27(30,31)32/h4-15,18H,3,16-17H2,1-2H3,(H,33,37)/t18-/m0/s1. The van der Waals surface area contributed by atoms with Crippen LogP contribution in [0.2, 0.25) is 5.02 Å². The molecule has 0 aromatic heterocycles. The number of amides is 2. The molecule has 3 aromatic rings. The molecule has 7 nitrogen and oxygen atoms in total. The van der Waals surface area contributed by atoms with Crippen LogP contribution in [0, 0.1) is 0 Å². The van der Waals surface area contributed by atoms with E-state index in [1.807, 2.05) is 0 Å². The van der Waals surface area contributed by atoms with Gasteiger partial charge in [-0.2, -0.15) is 13.2 Å². The van der Waals surface area contributed by atoms with Gasteiger partial charge in [-0.1, -0.05) is 57.9 Å². The second-order valence-corrected chi connectivity index (χ2v) is 11.9. The summed E-state index contributed by atoms with van der Waals surface area (Å²) in [6.45, 7) is 2.55. The number of rotatable bonds is 10. The number of carbonyl (C=O) groups is 2. The molecule has 0 saturated heterocycles. The number of alkyl halides is 3. The number of likely N-dealkylation sites (N-methyl/N-ethyl adjacent to an activating group) is 1. The monoisotopic (exact) mass is 659 g/mol. The van der Waals surface area contributed by atoms with Gasteiger partial charge in [0, 0.05) is 17.6 Å². The van der Waals surface area contributed by atoms with Gasteiger partial charge >= 0.3 is 6.18 Å². The van der Waals surface area contributed by atoms with Crippen molar-refractivity contribution in [1.29, 1.82) is 0 Å². The van der Waals surface area contributed by atoms with Gasteiger partial charge in [-0.25, -0.2) is 8.42 Å². The fourth-order valence-electron chi connectivity index (χ4n) is 3.83. The Morgan fingerprint density at radius 1 is 1.02 bits per heavy atom. The van der Waals surface area contributed by atoms with E-state index in [2.05, 4.69) is 21.2 Å². The molecule has 3 aromatic carbocycles. The molecule has 0 aliphatic heterocycles. The van der Waals surface area contributed by atoms with Gasteiger partial charge in [-0.05, 0) is 61.9 Å². The van der Waals surface area contributed by atoms with Crippen LogP contribution in [-0.4, -0.2) is 44.3 Å². The van der Waals surface area contributed by atoms with E-state index in [0.29, 0.717) is 22.5 Å². The zero-order valence-electron chi connectivity index (χ0n) is 21.5. The summed E-state index contributed by atoms with van der Waals surface area (Å²) in [5, 5.41) is 2.01. The highest BCUT2D eigenvalue weighted by Crippen LogP contribution is 2.38. The molecule has 0 fully saturated rings. The van der Waals surface area contributed by atoms with E-state index < -0.39 is 56.9 Å². The molecule has 3 rings (SSSR count). The molecule has 0 unspecified atom stereocenters. The van der Waals surface area contributed by atoms with E-state index in [4.69, 9.17) is 11.6 Å². The fraction of sp³-hybridized carbons (Fsp3) is 0.259. The second kappa shape index (κ2) is 13.0. The van der Waals surface area contributed by atoms with Crippen molar-refractivity contribution in [2.75, 3.05) is 17.4 Å². The first-order chi connectivity index (χ1) is 18.8. The number of nitrogens with one attached hydrogen (secondary N) is 1. The van der Waals surface area contributed by atoms with Crippen molar-refractivity contribution >= 4 is 55.1 Å². The van der Waals surface area contributed by atoms with Gasteiger partial charge < -0.3 is 10.2 Å². The molecule has 0 spiro atoms. The predicted molar refractivity (Wildman–Crippen MR) is 150 cm³/mol. The number of halogens is 5. The van der Waals surface area contributed by atoms with Gasteiger partial charge in [0.25, 0.3) is 10.0 Å². The van der Waals surface area contributed by atoms with E-state index in [1.165, 1.54) is 36.1 Å². The molecule has 1 N–H and O–H groups in total. The van der Waals surface area contributed by atoms with Gasteiger partial charge in [-0.15, -0.1) is 0 Å². The van der Waals surface area contributed by atoms with Crippen molar-refractivity contribution in [3.05, 3.63) is 93.4 Å². The average Bonchev–Trinajstić information content (AvgIpc) is 2.91. The number of sulfonamides is 1. The molecular formula is C27H26BrClF3N3O4S. The summed E-state index contributed by atoms with van der Waals surface area (Å²) in [5.74, 6) is -1.28. The van der Waals surface area contributed by atoms with Crippen LogP contribution in [0.4, 0.5) is 18.9 Å². The molecule has 2 amide bonds. The third-order valence-corrected chi connectivity index (χ3v) is 8.58. The molecule has 13 heteroatoms. The van der Waals surface area contributed by atoms with Crippen LogP contribution in [0.5, 0.6) is 0 Å². The first-order valence-corrected chi connectivity index (χ1v) is 14.6. The lowest BCUT2D eigenvalue weighted by Crippen LogP contribution is -2.51. The summed E-state index contributed by atoms with van der Waals surface area (Å²) >= 11 is 9.10. The van der Waals surface area contributed by atoms with Gasteiger partial charge in [0.2, 0.25) is 11.8 Å². The Hall–Kier alpha value is -3.09. The van der Waals surface area contributed by atoms with E-state index in [-0.39, 0.29) is 11.4 Å². The Morgan fingerprint density at radius 2 is 1.65 bits per heavy atom. The van der Waals surface area contributed by atoms with Crippen molar-refractivity contribution in [2.24, 2.45) is 0 Å². The first-order valence-electron chi connectivity index (χ1n) is 12.0. The maximum atomic E-state index is 13.8. The molecule has 0 saturated carbocycles. The summed E-state index contributed by atoms with van der Waals surface area (Å²) in [6.07, 6.45) is -4.88. The van der Waals surface area contributed by atoms with Gasteiger partial charge in [0.1, 0.15) is 12.6 Å². The maximum absolute atomic E-state index is 13.8. The molecule has 0 radical (unpaired) electrons. The Kier molecular flexibility index (Phi) is 10.3. The van der Waals surface area contributed by atoms with Gasteiger partial charge in [0.05, 0.1) is 21.2 Å². The summed E-state index contributed by atoms with van der Waals surface area (Å²) in [5.41, 5.74) is -1.02. The van der Waals surface area contributed by atoms with Crippen molar-refractivity contribution in [3.8, 4) is 0 Å². The van der Waals surface area contributed by atoms with E-state index in [9.17, 15) is 31.2 Å². The summed E-state index contributed by atoms with van der Waals surface area (Å²) in [7, 11) is -4.52. The Balaban J connectivity index is 2.10. The van der Waals surface area contributed by atoms with Crippen LogP contribution in [0.3, 0.4) is 0 Å². The highest BCUT2D eigenvalue weighted by molar-refractivity contribution is 9.10. The zero-order chi connectivity index (χ0) is 29.7. The highest BCUT2D eigenvalue weighted by atomic mass is 79.9. The highest BCUT2D eigenvalue weighted by Gasteiger charge is 2.36. The normalized spacial score (nSPS) is 12.5. The quantitative estimate of drug-likeness (QED) is 0.295. The summed E-state index contributed by atoms with van der Waals surface area (Å²) < 4.78 is 69.8. The van der Waals surface area contributed by atoms with Crippen LogP contribution < -0.4 is 9.62 Å².